The highest BCUT2D eigenvalue weighted by molar-refractivity contribution is 9.10. The molecule has 0 spiro atoms. The zero-order valence-electron chi connectivity index (χ0n) is 9.40. The summed E-state index contributed by atoms with van der Waals surface area (Å²) in [5.74, 6) is 0. The van der Waals surface area contributed by atoms with Gasteiger partial charge >= 0.3 is 0 Å². The maximum Gasteiger partial charge on any atom is 0.235 e. The van der Waals surface area contributed by atoms with E-state index >= 15 is 0 Å². The van der Waals surface area contributed by atoms with Gasteiger partial charge in [0.15, 0.2) is 0 Å². The molecular formula is C13H11BrN2O. The molecule has 1 saturated carbocycles. The number of rotatable bonds is 2. The van der Waals surface area contributed by atoms with E-state index in [9.17, 15) is 4.79 Å². The van der Waals surface area contributed by atoms with Gasteiger partial charge in [-0.25, -0.2) is 4.79 Å². The number of hydrogen-bond acceptors (Lipinski definition) is 2. The van der Waals surface area contributed by atoms with Gasteiger partial charge in [-0.2, -0.15) is 4.99 Å². The molecule has 0 atom stereocenters. The summed E-state index contributed by atoms with van der Waals surface area (Å²) >= 11 is 3.53. The molecule has 0 aliphatic heterocycles. The fraction of sp³-hybridized carbons (Fsp3) is 0.308. The number of aromatic nitrogens is 1. The number of nitrogens with zero attached hydrogens (tertiary/aromatic N) is 2. The van der Waals surface area contributed by atoms with Gasteiger partial charge in [-0.1, -0.05) is 12.1 Å². The van der Waals surface area contributed by atoms with E-state index < -0.39 is 0 Å². The standard InChI is InChI=1S/C13H11BrN2O/c1-16-7-11(14)10-3-2-9(6-12(10)16)13(4-5-13)15-8-17/h2-3,6-7H,4-5H2,1H3. The number of isocyanates is 1. The Bertz CT molecular complexity index is 649. The fourth-order valence-corrected chi connectivity index (χ4v) is 2.94. The Morgan fingerprint density at radius 1 is 1.47 bits per heavy atom. The minimum Gasteiger partial charge on any atom is -0.349 e. The van der Waals surface area contributed by atoms with Gasteiger partial charge < -0.3 is 4.57 Å². The summed E-state index contributed by atoms with van der Waals surface area (Å²) in [5, 5.41) is 1.18. The second-order valence-corrected chi connectivity index (χ2v) is 5.41. The van der Waals surface area contributed by atoms with Crippen LogP contribution in [0.15, 0.2) is 33.9 Å². The van der Waals surface area contributed by atoms with Crippen LogP contribution in [0.25, 0.3) is 10.9 Å². The third-order valence-electron chi connectivity index (χ3n) is 3.46. The lowest BCUT2D eigenvalue weighted by Crippen LogP contribution is -2.02. The second kappa shape index (κ2) is 3.56. The molecule has 1 fully saturated rings. The smallest absolute Gasteiger partial charge is 0.235 e. The van der Waals surface area contributed by atoms with Gasteiger partial charge in [0.05, 0.1) is 5.54 Å². The maximum atomic E-state index is 10.5. The molecule has 1 aliphatic rings. The third kappa shape index (κ3) is 1.56. The predicted octanol–water partition coefficient (Wildman–Crippen LogP) is 3.27. The van der Waals surface area contributed by atoms with Crippen molar-refractivity contribution < 1.29 is 4.79 Å². The molecule has 2 aromatic rings. The van der Waals surface area contributed by atoms with E-state index in [0.29, 0.717) is 0 Å². The minimum absolute atomic E-state index is 0.285. The number of benzene rings is 1. The minimum atomic E-state index is -0.285. The SMILES string of the molecule is Cn1cc(Br)c2ccc(C3(N=C=O)CC3)cc21. The second-order valence-electron chi connectivity index (χ2n) is 4.55. The summed E-state index contributed by atoms with van der Waals surface area (Å²) in [5.41, 5.74) is 1.98. The van der Waals surface area contributed by atoms with Crippen molar-refractivity contribution in [1.82, 2.24) is 4.57 Å². The van der Waals surface area contributed by atoms with Crippen molar-refractivity contribution in [2.75, 3.05) is 0 Å². The zero-order chi connectivity index (χ0) is 12.0. The Hall–Kier alpha value is -1.38. The first-order valence-electron chi connectivity index (χ1n) is 5.50. The molecule has 0 bridgehead atoms. The first-order valence-corrected chi connectivity index (χ1v) is 6.30. The first kappa shape index (κ1) is 10.8. The molecule has 1 aromatic heterocycles. The van der Waals surface area contributed by atoms with Crippen LogP contribution in [-0.2, 0) is 17.4 Å². The van der Waals surface area contributed by atoms with Crippen LogP contribution >= 0.6 is 15.9 Å². The van der Waals surface area contributed by atoms with E-state index in [1.54, 1.807) is 6.08 Å². The highest BCUT2D eigenvalue weighted by Gasteiger charge is 2.44. The van der Waals surface area contributed by atoms with E-state index in [0.717, 1.165) is 28.4 Å². The number of fused-ring (bicyclic) bond motifs is 1. The van der Waals surface area contributed by atoms with Gasteiger partial charge in [-0.05, 0) is 40.4 Å². The van der Waals surface area contributed by atoms with Crippen molar-refractivity contribution >= 4 is 32.9 Å². The molecule has 1 aliphatic carbocycles. The van der Waals surface area contributed by atoms with Crippen LogP contribution in [0.5, 0.6) is 0 Å². The highest BCUT2D eigenvalue weighted by atomic mass is 79.9. The zero-order valence-corrected chi connectivity index (χ0v) is 11.0. The molecule has 1 heterocycles. The summed E-state index contributed by atoms with van der Waals surface area (Å²) in [6.07, 6.45) is 5.62. The molecule has 0 radical (unpaired) electrons. The quantitative estimate of drug-likeness (QED) is 0.617. The summed E-state index contributed by atoms with van der Waals surface area (Å²) in [4.78, 5) is 14.4. The molecule has 4 heteroatoms. The van der Waals surface area contributed by atoms with Gasteiger partial charge in [0.25, 0.3) is 0 Å². The number of aryl methyl sites for hydroxylation is 1. The average molecular weight is 291 g/mol. The first-order chi connectivity index (χ1) is 8.16. The van der Waals surface area contributed by atoms with Gasteiger partial charge in [0.2, 0.25) is 6.08 Å². The van der Waals surface area contributed by atoms with E-state index in [-0.39, 0.29) is 5.54 Å². The molecule has 3 rings (SSSR count). The lowest BCUT2D eigenvalue weighted by atomic mass is 10.0. The Morgan fingerprint density at radius 2 is 2.24 bits per heavy atom. The van der Waals surface area contributed by atoms with E-state index in [4.69, 9.17) is 0 Å². The van der Waals surface area contributed by atoms with Crippen LogP contribution in [0.3, 0.4) is 0 Å². The molecule has 0 amide bonds. The summed E-state index contributed by atoms with van der Waals surface area (Å²) in [6, 6.07) is 6.25. The monoisotopic (exact) mass is 290 g/mol. The third-order valence-corrected chi connectivity index (χ3v) is 4.09. The molecule has 17 heavy (non-hydrogen) atoms. The summed E-state index contributed by atoms with van der Waals surface area (Å²) < 4.78 is 3.16. The summed E-state index contributed by atoms with van der Waals surface area (Å²) in [7, 11) is 2.01. The van der Waals surface area contributed by atoms with Crippen LogP contribution in [0.2, 0.25) is 0 Å². The Morgan fingerprint density at radius 3 is 2.88 bits per heavy atom. The van der Waals surface area contributed by atoms with E-state index in [1.165, 1.54) is 5.39 Å². The predicted molar refractivity (Wildman–Crippen MR) is 69.7 cm³/mol. The Labute approximate surface area is 107 Å². The highest BCUT2D eigenvalue weighted by Crippen LogP contribution is 2.49. The van der Waals surface area contributed by atoms with Gasteiger partial charge in [0, 0.05) is 28.6 Å². The van der Waals surface area contributed by atoms with Crippen LogP contribution < -0.4 is 0 Å². The topological polar surface area (TPSA) is 34.4 Å². The molecule has 0 N–H and O–H groups in total. The van der Waals surface area contributed by atoms with Crippen molar-refractivity contribution in [2.45, 2.75) is 18.4 Å². The van der Waals surface area contributed by atoms with Gasteiger partial charge in [-0.3, -0.25) is 0 Å². The van der Waals surface area contributed by atoms with Crippen LogP contribution in [0.4, 0.5) is 0 Å². The maximum absolute atomic E-state index is 10.5. The van der Waals surface area contributed by atoms with Crippen molar-refractivity contribution in [3.63, 3.8) is 0 Å². The molecule has 0 unspecified atom stereocenters. The van der Waals surface area contributed by atoms with Crippen LogP contribution in [-0.4, -0.2) is 10.6 Å². The van der Waals surface area contributed by atoms with Crippen molar-refractivity contribution in [3.8, 4) is 0 Å². The van der Waals surface area contributed by atoms with Gasteiger partial charge in [0.1, 0.15) is 0 Å². The van der Waals surface area contributed by atoms with Crippen LogP contribution in [0, 0.1) is 0 Å². The lowest BCUT2D eigenvalue weighted by Gasteiger charge is -2.08. The van der Waals surface area contributed by atoms with Crippen LogP contribution in [0.1, 0.15) is 18.4 Å². The number of hydrogen-bond donors (Lipinski definition) is 0. The molecular weight excluding hydrogens is 280 g/mol. The van der Waals surface area contributed by atoms with Crippen molar-refractivity contribution in [2.24, 2.45) is 12.0 Å². The normalized spacial score (nSPS) is 16.8. The fourth-order valence-electron chi connectivity index (χ4n) is 2.29. The van der Waals surface area contributed by atoms with E-state index in [1.807, 2.05) is 13.2 Å². The van der Waals surface area contributed by atoms with Crippen molar-refractivity contribution in [1.29, 1.82) is 0 Å². The molecule has 86 valence electrons. The Kier molecular flexibility index (Phi) is 2.25. The molecule has 3 nitrogen and oxygen atoms in total. The number of carbonyl (C=O) groups excluding carboxylic acids is 1. The summed E-state index contributed by atoms with van der Waals surface area (Å²) in [6.45, 7) is 0. The molecule has 1 aromatic carbocycles. The number of halogens is 1. The van der Waals surface area contributed by atoms with E-state index in [2.05, 4.69) is 43.7 Å². The van der Waals surface area contributed by atoms with Crippen molar-refractivity contribution in [3.05, 3.63) is 34.4 Å². The lowest BCUT2D eigenvalue weighted by molar-refractivity contribution is 0.556. The molecule has 0 saturated heterocycles. The van der Waals surface area contributed by atoms with Gasteiger partial charge in [-0.15, -0.1) is 0 Å². The average Bonchev–Trinajstić information content (AvgIpc) is 3.04. The Balaban J connectivity index is 2.20. The number of aliphatic imine (C=N–C) groups is 1. The largest absolute Gasteiger partial charge is 0.349 e.